The lowest BCUT2D eigenvalue weighted by Gasteiger charge is -2.14. The Bertz CT molecular complexity index is 627. The summed E-state index contributed by atoms with van der Waals surface area (Å²) >= 11 is 0. The monoisotopic (exact) mass is 254 g/mol. The third-order valence-electron chi connectivity index (χ3n) is 3.95. The number of ketones is 1. The summed E-state index contributed by atoms with van der Waals surface area (Å²) in [7, 11) is 0. The van der Waals surface area contributed by atoms with Gasteiger partial charge in [-0.1, -0.05) is 42.5 Å². The smallest absolute Gasteiger partial charge is 0.173 e. The third kappa shape index (κ3) is 1.97. The van der Waals surface area contributed by atoms with Crippen LogP contribution in [0.2, 0.25) is 0 Å². The van der Waals surface area contributed by atoms with E-state index < -0.39 is 5.41 Å². The lowest BCUT2D eigenvalue weighted by atomic mass is 9.87. The Morgan fingerprint density at radius 3 is 2.37 bits per heavy atom. The summed E-state index contributed by atoms with van der Waals surface area (Å²) in [5.41, 5.74) is 1.68. The van der Waals surface area contributed by atoms with Crippen LogP contribution in [0.5, 0.6) is 0 Å². The molecule has 0 saturated heterocycles. The maximum atomic E-state index is 13.6. The van der Waals surface area contributed by atoms with Gasteiger partial charge in [0.2, 0.25) is 0 Å². The first-order valence-electron chi connectivity index (χ1n) is 6.50. The van der Waals surface area contributed by atoms with E-state index in [-0.39, 0.29) is 11.6 Å². The molecule has 1 fully saturated rings. The molecular weight excluding hydrogens is 239 g/mol. The van der Waals surface area contributed by atoms with E-state index in [0.29, 0.717) is 11.1 Å². The highest BCUT2D eigenvalue weighted by molar-refractivity contribution is 6.06. The van der Waals surface area contributed by atoms with E-state index in [1.807, 2.05) is 30.3 Å². The topological polar surface area (TPSA) is 17.1 Å². The molecule has 1 nitrogen and oxygen atoms in total. The first kappa shape index (κ1) is 12.1. The van der Waals surface area contributed by atoms with Gasteiger partial charge in [-0.3, -0.25) is 4.79 Å². The van der Waals surface area contributed by atoms with Crippen LogP contribution >= 0.6 is 0 Å². The van der Waals surface area contributed by atoms with Gasteiger partial charge in [0.1, 0.15) is 5.82 Å². The molecular formula is C17H15FO. The van der Waals surface area contributed by atoms with Crippen molar-refractivity contribution in [1.82, 2.24) is 0 Å². The Kier molecular flexibility index (Phi) is 2.74. The van der Waals surface area contributed by atoms with Gasteiger partial charge in [-0.25, -0.2) is 4.39 Å². The molecule has 1 saturated carbocycles. The van der Waals surface area contributed by atoms with Crippen molar-refractivity contribution in [1.29, 1.82) is 0 Å². The molecule has 1 aliphatic rings. The summed E-state index contributed by atoms with van der Waals surface area (Å²) in [4.78, 5) is 12.6. The minimum Gasteiger partial charge on any atom is -0.293 e. The van der Waals surface area contributed by atoms with Crippen molar-refractivity contribution in [2.24, 2.45) is 0 Å². The lowest BCUT2D eigenvalue weighted by molar-refractivity contribution is 0.0945. The molecule has 0 aromatic heterocycles. The van der Waals surface area contributed by atoms with Crippen LogP contribution in [0.3, 0.4) is 0 Å². The molecule has 96 valence electrons. The van der Waals surface area contributed by atoms with Gasteiger partial charge >= 0.3 is 0 Å². The molecule has 0 unspecified atom stereocenters. The first-order valence-corrected chi connectivity index (χ1v) is 6.50. The zero-order valence-corrected chi connectivity index (χ0v) is 10.8. The first-order chi connectivity index (χ1) is 9.13. The van der Waals surface area contributed by atoms with Crippen molar-refractivity contribution in [3.8, 4) is 0 Å². The second-order valence-corrected chi connectivity index (χ2v) is 5.24. The summed E-state index contributed by atoms with van der Waals surface area (Å²) in [5.74, 6) is -0.271. The third-order valence-corrected chi connectivity index (χ3v) is 3.95. The Labute approximate surface area is 112 Å². The van der Waals surface area contributed by atoms with Crippen molar-refractivity contribution < 1.29 is 9.18 Å². The second kappa shape index (κ2) is 4.30. The normalized spacial score (nSPS) is 16.1. The molecule has 1 aliphatic carbocycles. The van der Waals surface area contributed by atoms with Crippen molar-refractivity contribution >= 4 is 5.78 Å². The number of halogens is 1. The molecule has 2 heteroatoms. The number of carbonyl (C=O) groups excluding carboxylic acids is 1. The molecule has 2 aromatic rings. The molecule has 0 radical (unpaired) electrons. The van der Waals surface area contributed by atoms with Gasteiger partial charge < -0.3 is 0 Å². The van der Waals surface area contributed by atoms with Crippen LogP contribution in [0.1, 0.15) is 34.3 Å². The minimum absolute atomic E-state index is 0.0394. The van der Waals surface area contributed by atoms with Crippen LogP contribution in [0.4, 0.5) is 4.39 Å². The van der Waals surface area contributed by atoms with Gasteiger partial charge in [0.25, 0.3) is 0 Å². The summed E-state index contributed by atoms with van der Waals surface area (Å²) in [5, 5.41) is 0. The quantitative estimate of drug-likeness (QED) is 0.755. The van der Waals surface area contributed by atoms with E-state index in [9.17, 15) is 9.18 Å². The summed E-state index contributed by atoms with van der Waals surface area (Å²) < 4.78 is 13.6. The molecule has 19 heavy (non-hydrogen) atoms. The number of Topliss-reactive ketones (excluding diaryl/α,β-unsaturated/α-hetero) is 1. The van der Waals surface area contributed by atoms with Gasteiger partial charge in [-0.05, 0) is 37.0 Å². The predicted octanol–water partition coefficient (Wildman–Crippen LogP) is 4.05. The number of benzene rings is 2. The minimum atomic E-state index is -0.414. The Morgan fingerprint density at radius 2 is 1.79 bits per heavy atom. The Morgan fingerprint density at radius 1 is 1.11 bits per heavy atom. The van der Waals surface area contributed by atoms with E-state index in [1.54, 1.807) is 19.1 Å². The maximum Gasteiger partial charge on any atom is 0.173 e. The molecule has 0 N–H and O–H groups in total. The van der Waals surface area contributed by atoms with Crippen LogP contribution < -0.4 is 0 Å². The van der Waals surface area contributed by atoms with E-state index in [0.717, 1.165) is 18.4 Å². The number of hydrogen-bond acceptors (Lipinski definition) is 1. The van der Waals surface area contributed by atoms with Crippen molar-refractivity contribution in [3.63, 3.8) is 0 Å². The highest BCUT2D eigenvalue weighted by Gasteiger charge is 2.51. The largest absolute Gasteiger partial charge is 0.293 e. The van der Waals surface area contributed by atoms with E-state index in [1.165, 1.54) is 6.07 Å². The summed E-state index contributed by atoms with van der Waals surface area (Å²) in [6.07, 6.45) is 1.71. The molecule has 0 bridgehead atoms. The lowest BCUT2D eigenvalue weighted by Crippen LogP contribution is -2.20. The number of hydrogen-bond donors (Lipinski definition) is 0. The van der Waals surface area contributed by atoms with Gasteiger partial charge in [0.05, 0.1) is 5.41 Å². The van der Waals surface area contributed by atoms with Crippen LogP contribution in [-0.4, -0.2) is 5.78 Å². The van der Waals surface area contributed by atoms with Crippen LogP contribution in [0.25, 0.3) is 0 Å². The molecule has 3 rings (SSSR count). The van der Waals surface area contributed by atoms with Crippen LogP contribution in [0, 0.1) is 12.7 Å². The number of carbonyl (C=O) groups is 1. The molecule has 0 heterocycles. The highest BCUT2D eigenvalue weighted by atomic mass is 19.1. The van der Waals surface area contributed by atoms with E-state index in [2.05, 4.69) is 0 Å². The van der Waals surface area contributed by atoms with Gasteiger partial charge in [0, 0.05) is 5.56 Å². The standard InChI is InChI=1S/C17H15FO/c1-12-7-8-13(11-15(12)18)16(19)17(9-10-17)14-5-3-2-4-6-14/h2-8,11H,9-10H2,1H3. The number of rotatable bonds is 3. The summed E-state index contributed by atoms with van der Waals surface area (Å²) in [6.45, 7) is 1.70. The predicted molar refractivity (Wildman–Crippen MR) is 72.8 cm³/mol. The molecule has 0 amide bonds. The number of aryl methyl sites for hydroxylation is 1. The van der Waals surface area contributed by atoms with Crippen molar-refractivity contribution in [2.75, 3.05) is 0 Å². The summed E-state index contributed by atoms with van der Waals surface area (Å²) in [6, 6.07) is 14.5. The van der Waals surface area contributed by atoms with Crippen molar-refractivity contribution in [2.45, 2.75) is 25.2 Å². The van der Waals surface area contributed by atoms with Crippen LogP contribution in [0.15, 0.2) is 48.5 Å². The second-order valence-electron chi connectivity index (χ2n) is 5.24. The molecule has 2 aromatic carbocycles. The van der Waals surface area contributed by atoms with Crippen molar-refractivity contribution in [3.05, 3.63) is 71.0 Å². The molecule has 0 aliphatic heterocycles. The zero-order chi connectivity index (χ0) is 13.5. The van der Waals surface area contributed by atoms with Gasteiger partial charge in [-0.2, -0.15) is 0 Å². The fourth-order valence-electron chi connectivity index (χ4n) is 2.54. The fraction of sp³-hybridized carbons (Fsp3) is 0.235. The fourth-order valence-corrected chi connectivity index (χ4v) is 2.54. The SMILES string of the molecule is Cc1ccc(C(=O)C2(c3ccccc3)CC2)cc1F. The zero-order valence-electron chi connectivity index (χ0n) is 10.8. The molecule has 0 atom stereocenters. The van der Waals surface area contributed by atoms with Gasteiger partial charge in [0.15, 0.2) is 5.78 Å². The average Bonchev–Trinajstić information content (AvgIpc) is 3.24. The van der Waals surface area contributed by atoms with E-state index in [4.69, 9.17) is 0 Å². The maximum absolute atomic E-state index is 13.6. The Balaban J connectivity index is 1.98. The van der Waals surface area contributed by atoms with E-state index >= 15 is 0 Å². The average molecular weight is 254 g/mol. The molecule has 0 spiro atoms. The van der Waals surface area contributed by atoms with Crippen LogP contribution in [-0.2, 0) is 5.41 Å². The van der Waals surface area contributed by atoms with Gasteiger partial charge in [-0.15, -0.1) is 0 Å². The Hall–Kier alpha value is -1.96. The highest BCUT2D eigenvalue weighted by Crippen LogP contribution is 2.50.